The van der Waals surface area contributed by atoms with E-state index in [9.17, 15) is 19.4 Å². The van der Waals surface area contributed by atoms with E-state index in [0.29, 0.717) is 29.8 Å². The van der Waals surface area contributed by atoms with Gasteiger partial charge in [-0.1, -0.05) is 36.4 Å². The fraction of sp³-hybridized carbons (Fsp3) is 0.441. The summed E-state index contributed by atoms with van der Waals surface area (Å²) in [6.45, 7) is 11.7. The number of halogens is 1. The normalized spacial score (nSPS) is 25.0. The number of nitrogens with one attached hydrogen (secondary N) is 1. The Morgan fingerprint density at radius 2 is 1.70 bits per heavy atom. The molecule has 0 unspecified atom stereocenters. The molecular weight excluding hydrogens is 503 g/mol. The van der Waals surface area contributed by atoms with Crippen LogP contribution in [-0.2, 0) is 0 Å². The minimum atomic E-state index is -0.532. The van der Waals surface area contributed by atoms with Gasteiger partial charge in [0.15, 0.2) is 5.78 Å². The maximum Gasteiger partial charge on any atom is 0.167 e. The second-order valence-electron chi connectivity index (χ2n) is 13.0. The summed E-state index contributed by atoms with van der Waals surface area (Å²) in [4.78, 5) is 16.8. The van der Waals surface area contributed by atoms with E-state index in [1.54, 1.807) is 49.4 Å². The van der Waals surface area contributed by atoms with Crippen LogP contribution in [0.2, 0.25) is 0 Å². The van der Waals surface area contributed by atoms with E-state index >= 15 is 0 Å². The lowest BCUT2D eigenvalue weighted by Crippen LogP contribution is -2.64. The van der Waals surface area contributed by atoms with Gasteiger partial charge < -0.3 is 15.5 Å². The van der Waals surface area contributed by atoms with E-state index in [0.717, 1.165) is 18.4 Å². The standard InChI is InChI=1S/C34H40FN2O3/c1-21-25(13-9-14-29(21)35)31-27(26-12-6-7-15-30(26)39)19-37(23-17-33(2,3)36-34(4,5)18-23)20-28(31)32(40)22-10-8-11-24(38)16-22/h6-11,13-16,23,27-28,31,36,38-39H,17-20H2,1-5H3/t27-,28+,31-/m1/s1. The third kappa shape index (κ3) is 5.65. The van der Waals surface area contributed by atoms with E-state index < -0.39 is 11.8 Å². The summed E-state index contributed by atoms with van der Waals surface area (Å²) >= 11 is 0. The topological polar surface area (TPSA) is 72.8 Å². The first kappa shape index (κ1) is 28.3. The molecule has 0 aromatic heterocycles. The molecule has 6 heteroatoms. The number of aromatic hydroxyl groups is 2. The van der Waals surface area contributed by atoms with Gasteiger partial charge in [0.05, 0.1) is 0 Å². The molecule has 3 N–H and O–H groups in total. The van der Waals surface area contributed by atoms with Crippen LogP contribution in [0.1, 0.15) is 79.4 Å². The SMILES string of the molecule is Cc1c(F)cccc1[C@H]1[C@@H](C(=O)c2cccc(O)c2)CN(C2CC(C)(C)NC(C)(C)C2)C[C@@H]1c1[c]cccc1O. The molecule has 0 amide bonds. The molecule has 2 heterocycles. The first-order chi connectivity index (χ1) is 18.8. The van der Waals surface area contributed by atoms with Crippen LogP contribution < -0.4 is 5.32 Å². The van der Waals surface area contributed by atoms with Gasteiger partial charge in [-0.15, -0.1) is 0 Å². The number of phenols is 2. The Hall–Kier alpha value is -3.22. The van der Waals surface area contributed by atoms with Crippen molar-refractivity contribution in [3.8, 4) is 11.5 Å². The van der Waals surface area contributed by atoms with Gasteiger partial charge in [0.2, 0.25) is 0 Å². The zero-order valence-electron chi connectivity index (χ0n) is 24.0. The summed E-state index contributed by atoms with van der Waals surface area (Å²) in [5, 5.41) is 25.0. The Kier molecular flexibility index (Phi) is 7.53. The van der Waals surface area contributed by atoms with Crippen molar-refractivity contribution >= 4 is 5.78 Å². The Morgan fingerprint density at radius 1 is 1.00 bits per heavy atom. The van der Waals surface area contributed by atoms with Gasteiger partial charge >= 0.3 is 0 Å². The van der Waals surface area contributed by atoms with Gasteiger partial charge in [0.25, 0.3) is 0 Å². The number of benzene rings is 3. The summed E-state index contributed by atoms with van der Waals surface area (Å²) in [6.07, 6.45) is 1.81. The van der Waals surface area contributed by atoms with Crippen molar-refractivity contribution in [3.05, 3.63) is 94.8 Å². The quantitative estimate of drug-likeness (QED) is 0.328. The van der Waals surface area contributed by atoms with E-state index in [1.807, 2.05) is 6.07 Å². The molecule has 1 radical (unpaired) electrons. The first-order valence-electron chi connectivity index (χ1n) is 14.2. The van der Waals surface area contributed by atoms with Gasteiger partial charge in [0, 0.05) is 59.1 Å². The van der Waals surface area contributed by atoms with Crippen LogP contribution in [0.25, 0.3) is 0 Å². The van der Waals surface area contributed by atoms with Crippen molar-refractivity contribution in [1.29, 1.82) is 0 Å². The average Bonchev–Trinajstić information content (AvgIpc) is 2.88. The number of carbonyl (C=O) groups excluding carboxylic acids is 1. The molecule has 211 valence electrons. The molecule has 2 aliphatic rings. The molecule has 0 saturated carbocycles. The maximum atomic E-state index is 15.0. The zero-order valence-corrected chi connectivity index (χ0v) is 24.0. The smallest absolute Gasteiger partial charge is 0.167 e. The molecule has 3 atom stereocenters. The van der Waals surface area contributed by atoms with Gasteiger partial charge in [-0.05, 0) is 88.9 Å². The van der Waals surface area contributed by atoms with Gasteiger partial charge in [0.1, 0.15) is 17.3 Å². The summed E-state index contributed by atoms with van der Waals surface area (Å²) in [6, 6.07) is 20.2. The van der Waals surface area contributed by atoms with E-state index in [1.165, 1.54) is 12.1 Å². The number of piperidine rings is 2. The third-order valence-electron chi connectivity index (χ3n) is 8.79. The van der Waals surface area contributed by atoms with Gasteiger partial charge in [-0.3, -0.25) is 9.69 Å². The molecule has 3 aromatic carbocycles. The Morgan fingerprint density at radius 3 is 2.38 bits per heavy atom. The van der Waals surface area contributed by atoms with Crippen molar-refractivity contribution in [2.75, 3.05) is 13.1 Å². The van der Waals surface area contributed by atoms with Crippen molar-refractivity contribution in [1.82, 2.24) is 10.2 Å². The van der Waals surface area contributed by atoms with E-state index in [4.69, 9.17) is 0 Å². The molecule has 0 aliphatic carbocycles. The minimum Gasteiger partial charge on any atom is -0.508 e. The summed E-state index contributed by atoms with van der Waals surface area (Å²) < 4.78 is 15.0. The Balaban J connectivity index is 1.67. The molecule has 40 heavy (non-hydrogen) atoms. The number of Topliss-reactive ketones (excluding diaryl/α,β-unsaturated/α-hetero) is 1. The predicted molar refractivity (Wildman–Crippen MR) is 155 cm³/mol. The molecule has 2 aliphatic heterocycles. The van der Waals surface area contributed by atoms with Gasteiger partial charge in [-0.25, -0.2) is 4.39 Å². The highest BCUT2D eigenvalue weighted by atomic mass is 19.1. The predicted octanol–water partition coefficient (Wildman–Crippen LogP) is 6.34. The van der Waals surface area contributed by atoms with Crippen molar-refractivity contribution < 1.29 is 19.4 Å². The van der Waals surface area contributed by atoms with Crippen molar-refractivity contribution in [3.63, 3.8) is 0 Å². The lowest BCUT2D eigenvalue weighted by atomic mass is 9.66. The summed E-state index contributed by atoms with van der Waals surface area (Å²) in [7, 11) is 0. The lowest BCUT2D eigenvalue weighted by Gasteiger charge is -2.53. The van der Waals surface area contributed by atoms with Crippen LogP contribution in [0.3, 0.4) is 0 Å². The fourth-order valence-corrected chi connectivity index (χ4v) is 7.46. The fourth-order valence-electron chi connectivity index (χ4n) is 7.46. The van der Waals surface area contributed by atoms with Crippen LogP contribution in [0.5, 0.6) is 11.5 Å². The number of ketones is 1. The molecule has 5 nitrogen and oxygen atoms in total. The summed E-state index contributed by atoms with van der Waals surface area (Å²) in [5.74, 6) is -1.48. The zero-order chi connectivity index (χ0) is 28.8. The van der Waals surface area contributed by atoms with Gasteiger partial charge in [-0.2, -0.15) is 0 Å². The van der Waals surface area contributed by atoms with Crippen LogP contribution in [0.15, 0.2) is 60.7 Å². The second kappa shape index (κ2) is 10.6. The second-order valence-corrected chi connectivity index (χ2v) is 13.0. The van der Waals surface area contributed by atoms with Crippen LogP contribution >= 0.6 is 0 Å². The number of carbonyl (C=O) groups is 1. The van der Waals surface area contributed by atoms with Crippen molar-refractivity contribution in [2.24, 2.45) is 5.92 Å². The first-order valence-corrected chi connectivity index (χ1v) is 14.2. The largest absolute Gasteiger partial charge is 0.508 e. The van der Waals surface area contributed by atoms with Crippen LogP contribution in [-0.4, -0.2) is 51.1 Å². The molecule has 2 saturated heterocycles. The number of likely N-dealkylation sites (tertiary alicyclic amines) is 1. The lowest BCUT2D eigenvalue weighted by molar-refractivity contribution is 0.0244. The van der Waals surface area contributed by atoms with Crippen LogP contribution in [0, 0.1) is 24.7 Å². The molecule has 5 rings (SSSR count). The molecule has 2 fully saturated rings. The number of rotatable bonds is 5. The number of phenolic OH excluding ortho intramolecular Hbond substituents is 2. The third-order valence-corrected chi connectivity index (χ3v) is 8.79. The van der Waals surface area contributed by atoms with E-state index in [-0.39, 0.29) is 46.1 Å². The van der Waals surface area contributed by atoms with Crippen molar-refractivity contribution in [2.45, 2.75) is 76.4 Å². The average molecular weight is 544 g/mol. The monoisotopic (exact) mass is 543 g/mol. The number of hydrogen-bond donors (Lipinski definition) is 3. The molecular formula is C34H40FN2O3. The number of hydrogen-bond acceptors (Lipinski definition) is 5. The van der Waals surface area contributed by atoms with Crippen LogP contribution in [0.4, 0.5) is 4.39 Å². The van der Waals surface area contributed by atoms with E-state index in [2.05, 4.69) is 44.0 Å². The molecule has 0 spiro atoms. The maximum absolute atomic E-state index is 15.0. The molecule has 3 aromatic rings. The molecule has 0 bridgehead atoms. The highest BCUT2D eigenvalue weighted by Crippen LogP contribution is 2.49. The Labute approximate surface area is 237 Å². The highest BCUT2D eigenvalue weighted by molar-refractivity contribution is 5.99. The number of nitrogens with zero attached hydrogens (tertiary/aromatic N) is 1. The Bertz CT molecular complexity index is 1390. The highest BCUT2D eigenvalue weighted by Gasteiger charge is 2.48. The minimum absolute atomic E-state index is 0.0319. The summed E-state index contributed by atoms with van der Waals surface area (Å²) in [5.41, 5.74) is 2.16.